The van der Waals surface area contributed by atoms with E-state index < -0.39 is 0 Å². The highest BCUT2D eigenvalue weighted by Gasteiger charge is 2.45. The molecule has 1 heterocycles. The minimum atomic E-state index is -0.103. The fourth-order valence-corrected chi connectivity index (χ4v) is 5.61. The number of halogens is 1. The molecule has 1 spiro atoms. The van der Waals surface area contributed by atoms with Crippen molar-refractivity contribution in [2.24, 2.45) is 0 Å². The molecule has 1 saturated carbocycles. The normalized spacial score (nSPS) is 20.4. The van der Waals surface area contributed by atoms with Gasteiger partial charge in [0.15, 0.2) is 0 Å². The van der Waals surface area contributed by atoms with E-state index in [9.17, 15) is 0 Å². The van der Waals surface area contributed by atoms with E-state index in [0.717, 1.165) is 42.1 Å². The Kier molecular flexibility index (Phi) is 5.01. The van der Waals surface area contributed by atoms with Gasteiger partial charge in [0.05, 0.1) is 6.04 Å². The molecule has 1 atom stereocenters. The maximum Gasteiger partial charge on any atom is 0.126 e. The van der Waals surface area contributed by atoms with Crippen LogP contribution in [0.1, 0.15) is 48.8 Å². The number of hydrogen-bond acceptors (Lipinski definition) is 2. The predicted octanol–water partition coefficient (Wildman–Crippen LogP) is 6.60. The van der Waals surface area contributed by atoms with Crippen molar-refractivity contribution in [3.63, 3.8) is 0 Å². The van der Waals surface area contributed by atoms with Gasteiger partial charge in [0.2, 0.25) is 0 Å². The fourth-order valence-electron chi connectivity index (χ4n) is 5.32. The third-order valence-electron chi connectivity index (χ3n) is 6.80. The Hall–Kier alpha value is -2.03. The summed E-state index contributed by atoms with van der Waals surface area (Å²) in [6.45, 7) is 2.97. The Morgan fingerprint density at radius 3 is 2.69 bits per heavy atom. The molecule has 0 bridgehead atoms. The quantitative estimate of drug-likeness (QED) is 0.530. The van der Waals surface area contributed by atoms with Crippen molar-refractivity contribution < 1.29 is 4.74 Å². The number of hydrogen-bond donors (Lipinski definition) is 1. The summed E-state index contributed by atoms with van der Waals surface area (Å²) >= 11 is 6.37. The van der Waals surface area contributed by atoms with Crippen LogP contribution in [0, 0.1) is 6.92 Å². The lowest BCUT2D eigenvalue weighted by Crippen LogP contribution is -2.58. The van der Waals surface area contributed by atoms with E-state index in [-0.39, 0.29) is 5.60 Å². The van der Waals surface area contributed by atoms with E-state index in [1.54, 1.807) is 0 Å². The van der Waals surface area contributed by atoms with E-state index in [0.29, 0.717) is 6.04 Å². The first-order valence-electron chi connectivity index (χ1n) is 10.8. The van der Waals surface area contributed by atoms with E-state index in [4.69, 9.17) is 16.3 Å². The van der Waals surface area contributed by atoms with Crippen LogP contribution in [0.3, 0.4) is 0 Å². The van der Waals surface area contributed by atoms with Gasteiger partial charge in [-0.1, -0.05) is 60.5 Å². The van der Waals surface area contributed by atoms with Crippen LogP contribution in [0.2, 0.25) is 5.02 Å². The molecule has 5 rings (SSSR count). The Morgan fingerprint density at radius 2 is 1.83 bits per heavy atom. The maximum atomic E-state index is 6.81. The number of nitrogens with one attached hydrogen (secondary N) is 1. The summed E-state index contributed by atoms with van der Waals surface area (Å²) in [5, 5.41) is 7.33. The smallest absolute Gasteiger partial charge is 0.126 e. The average molecular weight is 406 g/mol. The highest BCUT2D eigenvalue weighted by atomic mass is 35.5. The Labute approximate surface area is 178 Å². The predicted molar refractivity (Wildman–Crippen MR) is 121 cm³/mol. The van der Waals surface area contributed by atoms with Crippen molar-refractivity contribution in [2.75, 3.05) is 0 Å². The summed E-state index contributed by atoms with van der Waals surface area (Å²) in [6.07, 6.45) is 7.03. The number of fused-ring (bicyclic) bond motifs is 2. The number of aryl methyl sites for hydroxylation is 1. The molecule has 29 heavy (non-hydrogen) atoms. The fraction of sp³-hybridized carbons (Fsp3) is 0.385. The second kappa shape index (κ2) is 7.66. The first-order chi connectivity index (χ1) is 14.1. The molecule has 1 N–H and O–H groups in total. The molecule has 1 fully saturated rings. The molecule has 2 nitrogen and oxygen atoms in total. The monoisotopic (exact) mass is 405 g/mol. The molecule has 150 valence electrons. The molecule has 0 amide bonds. The van der Waals surface area contributed by atoms with Crippen LogP contribution >= 0.6 is 11.6 Å². The van der Waals surface area contributed by atoms with Crippen molar-refractivity contribution in [3.05, 3.63) is 76.3 Å². The largest absolute Gasteiger partial charge is 0.485 e. The molecule has 0 aromatic heterocycles. The van der Waals surface area contributed by atoms with Gasteiger partial charge < -0.3 is 10.1 Å². The second-order valence-electron chi connectivity index (χ2n) is 8.71. The summed E-state index contributed by atoms with van der Waals surface area (Å²) in [5.74, 6) is 1.07. The van der Waals surface area contributed by atoms with Crippen molar-refractivity contribution in [1.29, 1.82) is 0 Å². The van der Waals surface area contributed by atoms with Gasteiger partial charge in [0, 0.05) is 11.6 Å². The molecule has 3 aromatic rings. The van der Waals surface area contributed by atoms with Crippen molar-refractivity contribution in [1.82, 2.24) is 5.32 Å². The summed E-state index contributed by atoms with van der Waals surface area (Å²) in [4.78, 5) is 0. The minimum Gasteiger partial charge on any atom is -0.485 e. The van der Waals surface area contributed by atoms with Crippen LogP contribution < -0.4 is 10.1 Å². The summed E-state index contributed by atoms with van der Waals surface area (Å²) in [7, 11) is 0. The van der Waals surface area contributed by atoms with E-state index in [1.807, 2.05) is 6.07 Å². The first kappa shape index (κ1) is 19.0. The second-order valence-corrected chi connectivity index (χ2v) is 9.15. The standard InChI is InChI=1S/C26H28ClNO/c1-18-14-22(27)15-21-16-24(26(29-25(18)21)12-5-2-6-13-26)28-17-20-10-7-9-19-8-3-4-11-23(19)20/h3-4,7-11,14-15,24,28H,2,5-6,12-13,16-17H2,1H3. The summed E-state index contributed by atoms with van der Waals surface area (Å²) in [6, 6.07) is 19.6. The van der Waals surface area contributed by atoms with Gasteiger partial charge in [-0.05, 0) is 78.6 Å². The average Bonchev–Trinajstić information content (AvgIpc) is 2.74. The van der Waals surface area contributed by atoms with Crippen LogP contribution in [0.15, 0.2) is 54.6 Å². The Bertz CT molecular complexity index is 1030. The van der Waals surface area contributed by atoms with Crippen molar-refractivity contribution in [2.45, 2.75) is 63.6 Å². The lowest BCUT2D eigenvalue weighted by atomic mass is 9.75. The number of ether oxygens (including phenoxy) is 1. The van der Waals surface area contributed by atoms with Crippen molar-refractivity contribution in [3.8, 4) is 5.75 Å². The zero-order valence-corrected chi connectivity index (χ0v) is 17.8. The van der Waals surface area contributed by atoms with E-state index in [1.165, 1.54) is 41.2 Å². The lowest BCUT2D eigenvalue weighted by Gasteiger charge is -2.48. The topological polar surface area (TPSA) is 21.3 Å². The third-order valence-corrected chi connectivity index (χ3v) is 7.02. The zero-order chi connectivity index (χ0) is 19.8. The molecule has 1 aliphatic carbocycles. The highest BCUT2D eigenvalue weighted by molar-refractivity contribution is 6.30. The van der Waals surface area contributed by atoms with E-state index in [2.05, 4.69) is 60.8 Å². The first-order valence-corrected chi connectivity index (χ1v) is 11.2. The van der Waals surface area contributed by atoms with Crippen molar-refractivity contribution >= 4 is 22.4 Å². The molecule has 0 radical (unpaired) electrons. The lowest BCUT2D eigenvalue weighted by molar-refractivity contribution is -0.0193. The molecule has 1 aliphatic heterocycles. The third kappa shape index (κ3) is 3.53. The molecule has 3 aromatic carbocycles. The van der Waals surface area contributed by atoms with Crippen LogP contribution in [0.25, 0.3) is 10.8 Å². The SMILES string of the molecule is Cc1cc(Cl)cc2c1OC1(CCCCC1)C(NCc1cccc3ccccc13)C2. The highest BCUT2D eigenvalue weighted by Crippen LogP contribution is 2.44. The van der Waals surface area contributed by atoms with Crippen LogP contribution in [-0.4, -0.2) is 11.6 Å². The number of benzene rings is 3. The summed E-state index contributed by atoms with van der Waals surface area (Å²) < 4.78 is 6.81. The van der Waals surface area contributed by atoms with Gasteiger partial charge in [-0.15, -0.1) is 0 Å². The molecular weight excluding hydrogens is 378 g/mol. The number of rotatable bonds is 3. The van der Waals surface area contributed by atoms with Crippen LogP contribution in [-0.2, 0) is 13.0 Å². The van der Waals surface area contributed by atoms with Crippen LogP contribution in [0.4, 0.5) is 0 Å². The van der Waals surface area contributed by atoms with Gasteiger partial charge in [0.25, 0.3) is 0 Å². The molecule has 2 aliphatic rings. The molecule has 3 heteroatoms. The van der Waals surface area contributed by atoms with E-state index >= 15 is 0 Å². The molecule has 0 saturated heterocycles. The Morgan fingerprint density at radius 1 is 1.03 bits per heavy atom. The van der Waals surface area contributed by atoms with Gasteiger partial charge in [-0.2, -0.15) is 0 Å². The maximum absolute atomic E-state index is 6.81. The van der Waals surface area contributed by atoms with Gasteiger partial charge in [-0.3, -0.25) is 0 Å². The minimum absolute atomic E-state index is 0.103. The molecule has 1 unspecified atom stereocenters. The van der Waals surface area contributed by atoms with Gasteiger partial charge in [0.1, 0.15) is 11.4 Å². The Balaban J connectivity index is 1.46. The molecular formula is C26H28ClNO. The zero-order valence-electron chi connectivity index (χ0n) is 17.0. The summed E-state index contributed by atoms with van der Waals surface area (Å²) in [5.41, 5.74) is 3.64. The van der Waals surface area contributed by atoms with Gasteiger partial charge in [-0.25, -0.2) is 0 Å². The van der Waals surface area contributed by atoms with Gasteiger partial charge >= 0.3 is 0 Å². The van der Waals surface area contributed by atoms with Crippen LogP contribution in [0.5, 0.6) is 5.75 Å².